The van der Waals surface area contributed by atoms with E-state index >= 15 is 0 Å². The number of para-hydroxylation sites is 2. The lowest BCUT2D eigenvalue weighted by atomic mass is 10.1. The van der Waals surface area contributed by atoms with E-state index < -0.39 is 5.82 Å². The van der Waals surface area contributed by atoms with E-state index in [0.29, 0.717) is 22.7 Å². The Labute approximate surface area is 111 Å². The summed E-state index contributed by atoms with van der Waals surface area (Å²) < 4.78 is 18.7. The number of carbonyl (C=O) groups is 1. The Kier molecular flexibility index (Phi) is 3.80. The monoisotopic (exact) mass is 259 g/mol. The molecule has 0 fully saturated rings. The van der Waals surface area contributed by atoms with Crippen molar-refractivity contribution >= 4 is 17.2 Å². The molecule has 1 N–H and O–H groups in total. The summed E-state index contributed by atoms with van der Waals surface area (Å²) in [5.74, 6) is 0.0174. The van der Waals surface area contributed by atoms with E-state index in [1.54, 1.807) is 19.2 Å². The first-order valence-electron chi connectivity index (χ1n) is 5.81. The van der Waals surface area contributed by atoms with Gasteiger partial charge in [0.15, 0.2) is 5.78 Å². The number of carbonyl (C=O) groups excluding carboxylic acids is 1. The second kappa shape index (κ2) is 5.52. The normalized spacial score (nSPS) is 10.1. The molecule has 0 bridgehead atoms. The highest BCUT2D eigenvalue weighted by atomic mass is 19.1. The second-order valence-electron chi connectivity index (χ2n) is 4.11. The van der Waals surface area contributed by atoms with Gasteiger partial charge in [0.1, 0.15) is 11.6 Å². The van der Waals surface area contributed by atoms with E-state index in [-0.39, 0.29) is 5.78 Å². The van der Waals surface area contributed by atoms with Crippen LogP contribution in [0.1, 0.15) is 17.3 Å². The average Bonchev–Trinajstić information content (AvgIpc) is 2.38. The summed E-state index contributed by atoms with van der Waals surface area (Å²) in [4.78, 5) is 11.3. The molecular weight excluding hydrogens is 245 g/mol. The summed E-state index contributed by atoms with van der Waals surface area (Å²) in [5.41, 5.74) is 1.55. The fraction of sp³-hybridized carbons (Fsp3) is 0.133. The van der Waals surface area contributed by atoms with Crippen LogP contribution in [0.2, 0.25) is 0 Å². The van der Waals surface area contributed by atoms with Gasteiger partial charge in [-0.25, -0.2) is 4.39 Å². The number of methoxy groups -OCH3 is 1. The van der Waals surface area contributed by atoms with Gasteiger partial charge in [-0.2, -0.15) is 0 Å². The summed E-state index contributed by atoms with van der Waals surface area (Å²) in [6, 6.07) is 11.5. The Bertz CT molecular complexity index is 611. The molecule has 0 atom stereocenters. The SMILES string of the molecule is COc1ccccc1Nc1cc(F)cc(C(C)=O)c1. The Morgan fingerprint density at radius 2 is 1.95 bits per heavy atom. The molecular formula is C15H14FNO2. The average molecular weight is 259 g/mol. The number of Topliss-reactive ketones (excluding diaryl/α,β-unsaturated/α-hetero) is 1. The number of benzene rings is 2. The van der Waals surface area contributed by atoms with Gasteiger partial charge in [0, 0.05) is 11.3 Å². The van der Waals surface area contributed by atoms with E-state index in [1.165, 1.54) is 19.1 Å². The zero-order valence-corrected chi connectivity index (χ0v) is 10.7. The first-order chi connectivity index (χ1) is 9.10. The molecule has 0 heterocycles. The fourth-order valence-electron chi connectivity index (χ4n) is 1.77. The van der Waals surface area contributed by atoms with Gasteiger partial charge in [-0.05, 0) is 37.3 Å². The van der Waals surface area contributed by atoms with Crippen LogP contribution in [0.5, 0.6) is 5.75 Å². The van der Waals surface area contributed by atoms with Crippen LogP contribution in [-0.4, -0.2) is 12.9 Å². The largest absolute Gasteiger partial charge is 0.495 e. The van der Waals surface area contributed by atoms with E-state index in [9.17, 15) is 9.18 Å². The van der Waals surface area contributed by atoms with Crippen LogP contribution in [0.4, 0.5) is 15.8 Å². The van der Waals surface area contributed by atoms with E-state index in [0.717, 1.165) is 0 Å². The number of halogens is 1. The Balaban J connectivity index is 2.35. The van der Waals surface area contributed by atoms with Crippen LogP contribution in [0.15, 0.2) is 42.5 Å². The fourth-order valence-corrected chi connectivity index (χ4v) is 1.77. The van der Waals surface area contributed by atoms with Crippen molar-refractivity contribution in [3.8, 4) is 5.75 Å². The Morgan fingerprint density at radius 1 is 1.21 bits per heavy atom. The van der Waals surface area contributed by atoms with Crippen molar-refractivity contribution in [2.24, 2.45) is 0 Å². The van der Waals surface area contributed by atoms with Crippen molar-refractivity contribution in [2.75, 3.05) is 12.4 Å². The molecule has 0 aliphatic rings. The van der Waals surface area contributed by atoms with Crippen LogP contribution in [0.25, 0.3) is 0 Å². The molecule has 4 heteroatoms. The number of ketones is 1. The van der Waals surface area contributed by atoms with Gasteiger partial charge in [-0.15, -0.1) is 0 Å². The molecule has 0 aliphatic carbocycles. The first kappa shape index (κ1) is 13.1. The third kappa shape index (κ3) is 3.10. The van der Waals surface area contributed by atoms with Crippen LogP contribution in [-0.2, 0) is 0 Å². The molecule has 19 heavy (non-hydrogen) atoms. The maximum atomic E-state index is 13.4. The molecule has 0 radical (unpaired) electrons. The third-order valence-electron chi connectivity index (χ3n) is 2.69. The van der Waals surface area contributed by atoms with Gasteiger partial charge < -0.3 is 10.1 Å². The molecule has 2 aromatic carbocycles. The number of anilines is 2. The maximum Gasteiger partial charge on any atom is 0.159 e. The highest BCUT2D eigenvalue weighted by Crippen LogP contribution is 2.27. The standard InChI is InChI=1S/C15H14FNO2/c1-10(18)11-7-12(16)9-13(8-11)17-14-5-3-4-6-15(14)19-2/h3-9,17H,1-2H3. The molecule has 2 rings (SSSR count). The minimum atomic E-state index is -0.454. The highest BCUT2D eigenvalue weighted by molar-refractivity contribution is 5.95. The number of ether oxygens (including phenoxy) is 1. The van der Waals surface area contributed by atoms with Gasteiger partial charge in [0.2, 0.25) is 0 Å². The molecule has 98 valence electrons. The van der Waals surface area contributed by atoms with E-state index in [1.807, 2.05) is 18.2 Å². The third-order valence-corrected chi connectivity index (χ3v) is 2.69. The van der Waals surface area contributed by atoms with Gasteiger partial charge in [0.05, 0.1) is 12.8 Å². The molecule has 2 aromatic rings. The lowest BCUT2D eigenvalue weighted by Gasteiger charge is -2.11. The van der Waals surface area contributed by atoms with Gasteiger partial charge >= 0.3 is 0 Å². The zero-order valence-electron chi connectivity index (χ0n) is 10.7. The molecule has 0 saturated heterocycles. The van der Waals surface area contributed by atoms with Gasteiger partial charge in [-0.3, -0.25) is 4.79 Å². The first-order valence-corrected chi connectivity index (χ1v) is 5.81. The number of hydrogen-bond donors (Lipinski definition) is 1. The lowest BCUT2D eigenvalue weighted by Crippen LogP contribution is -1.98. The number of rotatable bonds is 4. The zero-order chi connectivity index (χ0) is 13.8. The smallest absolute Gasteiger partial charge is 0.159 e. The van der Waals surface area contributed by atoms with Crippen molar-refractivity contribution in [3.05, 3.63) is 53.8 Å². The van der Waals surface area contributed by atoms with Crippen molar-refractivity contribution in [1.82, 2.24) is 0 Å². The molecule has 0 aromatic heterocycles. The molecule has 3 nitrogen and oxygen atoms in total. The van der Waals surface area contributed by atoms with Crippen LogP contribution >= 0.6 is 0 Å². The van der Waals surface area contributed by atoms with Crippen LogP contribution < -0.4 is 10.1 Å². The second-order valence-corrected chi connectivity index (χ2v) is 4.11. The predicted molar refractivity (Wildman–Crippen MR) is 72.7 cm³/mol. The quantitative estimate of drug-likeness (QED) is 0.849. The minimum absolute atomic E-state index is 0.178. The maximum absolute atomic E-state index is 13.4. The molecule has 0 aliphatic heterocycles. The van der Waals surface area contributed by atoms with Gasteiger partial charge in [0.25, 0.3) is 0 Å². The van der Waals surface area contributed by atoms with Crippen molar-refractivity contribution in [1.29, 1.82) is 0 Å². The number of nitrogens with one attached hydrogen (secondary N) is 1. The Hall–Kier alpha value is -2.36. The summed E-state index contributed by atoms with van der Waals surface area (Å²) >= 11 is 0. The lowest BCUT2D eigenvalue weighted by molar-refractivity contribution is 0.101. The van der Waals surface area contributed by atoms with E-state index in [4.69, 9.17) is 4.74 Å². The predicted octanol–water partition coefficient (Wildman–Crippen LogP) is 3.78. The van der Waals surface area contributed by atoms with E-state index in [2.05, 4.69) is 5.32 Å². The highest BCUT2D eigenvalue weighted by Gasteiger charge is 2.07. The van der Waals surface area contributed by atoms with Crippen molar-refractivity contribution in [3.63, 3.8) is 0 Å². The van der Waals surface area contributed by atoms with Gasteiger partial charge in [-0.1, -0.05) is 12.1 Å². The molecule has 0 spiro atoms. The summed E-state index contributed by atoms with van der Waals surface area (Å²) in [6.07, 6.45) is 0. The molecule has 0 unspecified atom stereocenters. The minimum Gasteiger partial charge on any atom is -0.495 e. The summed E-state index contributed by atoms with van der Waals surface area (Å²) in [6.45, 7) is 1.40. The van der Waals surface area contributed by atoms with Crippen LogP contribution in [0, 0.1) is 5.82 Å². The van der Waals surface area contributed by atoms with Crippen molar-refractivity contribution in [2.45, 2.75) is 6.92 Å². The summed E-state index contributed by atoms with van der Waals surface area (Å²) in [5, 5.41) is 3.04. The topological polar surface area (TPSA) is 38.3 Å². The number of hydrogen-bond acceptors (Lipinski definition) is 3. The summed E-state index contributed by atoms with van der Waals surface area (Å²) in [7, 11) is 1.56. The molecule has 0 amide bonds. The Morgan fingerprint density at radius 3 is 2.63 bits per heavy atom. The van der Waals surface area contributed by atoms with Crippen LogP contribution in [0.3, 0.4) is 0 Å². The molecule has 0 saturated carbocycles. The van der Waals surface area contributed by atoms with Crippen molar-refractivity contribution < 1.29 is 13.9 Å².